The van der Waals surface area contributed by atoms with Crippen LogP contribution in [0.2, 0.25) is 0 Å². The van der Waals surface area contributed by atoms with Crippen molar-refractivity contribution in [2.45, 2.75) is 78.2 Å². The molecule has 138 valence electrons. The van der Waals surface area contributed by atoms with Gasteiger partial charge >= 0.3 is 11.9 Å². The minimum absolute atomic E-state index is 0.0619. The average molecular weight is 342 g/mol. The third kappa shape index (κ3) is 6.47. The number of amides is 1. The molecule has 0 saturated carbocycles. The number of nitrogens with one attached hydrogen (secondary N) is 1. The molecule has 7 nitrogen and oxygen atoms in total. The van der Waals surface area contributed by atoms with Crippen molar-refractivity contribution in [3.63, 3.8) is 0 Å². The first-order valence-corrected chi connectivity index (χ1v) is 8.29. The summed E-state index contributed by atoms with van der Waals surface area (Å²) in [4.78, 5) is 38.2. The second kappa shape index (κ2) is 7.51. The molecule has 0 unspecified atom stereocenters. The average Bonchev–Trinajstić information content (AvgIpc) is 2.36. The van der Waals surface area contributed by atoms with Crippen molar-refractivity contribution in [3.8, 4) is 0 Å². The Balaban J connectivity index is 2.70. The summed E-state index contributed by atoms with van der Waals surface area (Å²) >= 11 is 0. The van der Waals surface area contributed by atoms with Crippen LogP contribution >= 0.6 is 0 Å². The maximum Gasteiger partial charge on any atom is 0.329 e. The van der Waals surface area contributed by atoms with Gasteiger partial charge < -0.3 is 19.7 Å². The highest BCUT2D eigenvalue weighted by Gasteiger charge is 2.37. The predicted octanol–water partition coefficient (Wildman–Crippen LogP) is 1.25. The number of carbonyl (C=O) groups is 3. The van der Waals surface area contributed by atoms with Gasteiger partial charge in [0, 0.05) is 13.1 Å². The van der Waals surface area contributed by atoms with E-state index in [4.69, 9.17) is 9.47 Å². The van der Waals surface area contributed by atoms with E-state index in [1.807, 2.05) is 0 Å². The van der Waals surface area contributed by atoms with Gasteiger partial charge in [-0.2, -0.15) is 0 Å². The number of hydrogen-bond donors (Lipinski definition) is 1. The number of nitrogens with zero attached hydrogens (tertiary/aromatic N) is 1. The smallest absolute Gasteiger partial charge is 0.329 e. The predicted molar refractivity (Wildman–Crippen MR) is 89.3 cm³/mol. The molecular formula is C17H30N2O5. The number of rotatable bonds is 4. The molecule has 0 radical (unpaired) electrons. The fourth-order valence-electron chi connectivity index (χ4n) is 2.37. The first-order valence-electron chi connectivity index (χ1n) is 8.29. The fourth-order valence-corrected chi connectivity index (χ4v) is 2.37. The molecule has 1 saturated heterocycles. The van der Waals surface area contributed by atoms with Crippen LogP contribution in [0.3, 0.4) is 0 Å². The molecule has 1 N–H and O–H groups in total. The van der Waals surface area contributed by atoms with E-state index >= 15 is 0 Å². The van der Waals surface area contributed by atoms with Gasteiger partial charge in [-0.05, 0) is 48.5 Å². The van der Waals surface area contributed by atoms with E-state index in [-0.39, 0.29) is 12.3 Å². The summed E-state index contributed by atoms with van der Waals surface area (Å²) in [5.74, 6) is -1.18. The van der Waals surface area contributed by atoms with E-state index in [0.29, 0.717) is 13.1 Å². The van der Waals surface area contributed by atoms with Gasteiger partial charge in [0.2, 0.25) is 5.91 Å². The summed E-state index contributed by atoms with van der Waals surface area (Å²) in [6.45, 7) is 13.2. The number of hydrogen-bond acceptors (Lipinski definition) is 6. The molecule has 0 aromatic rings. The van der Waals surface area contributed by atoms with Crippen molar-refractivity contribution in [2.24, 2.45) is 0 Å². The minimum atomic E-state index is -0.694. The number of carbonyl (C=O) groups excluding carboxylic acids is 3. The number of esters is 2. The molecule has 1 rings (SSSR count). The zero-order valence-electron chi connectivity index (χ0n) is 15.8. The lowest BCUT2D eigenvalue weighted by Crippen LogP contribution is -2.60. The first kappa shape index (κ1) is 20.4. The molecule has 0 aliphatic carbocycles. The molecule has 1 amide bonds. The highest BCUT2D eigenvalue weighted by Crippen LogP contribution is 2.16. The molecule has 1 fully saturated rings. The summed E-state index contributed by atoms with van der Waals surface area (Å²) in [7, 11) is 0. The van der Waals surface area contributed by atoms with Crippen LogP contribution in [-0.2, 0) is 23.9 Å². The molecular weight excluding hydrogens is 312 g/mol. The number of piperazine rings is 1. The van der Waals surface area contributed by atoms with Crippen LogP contribution < -0.4 is 5.32 Å². The van der Waals surface area contributed by atoms with Crippen LogP contribution in [0, 0.1) is 0 Å². The van der Waals surface area contributed by atoms with Gasteiger partial charge in [-0.15, -0.1) is 0 Å². The lowest BCUT2D eigenvalue weighted by atomic mass is 10.1. The van der Waals surface area contributed by atoms with Gasteiger partial charge in [-0.1, -0.05) is 0 Å². The van der Waals surface area contributed by atoms with Crippen molar-refractivity contribution in [1.29, 1.82) is 0 Å². The molecule has 0 bridgehead atoms. The second-order valence-electron chi connectivity index (χ2n) is 8.04. The molecule has 0 aromatic heterocycles. The lowest BCUT2D eigenvalue weighted by Gasteiger charge is -2.37. The molecule has 2 atom stereocenters. The summed E-state index contributed by atoms with van der Waals surface area (Å²) < 4.78 is 10.6. The summed E-state index contributed by atoms with van der Waals surface area (Å²) in [6, 6.07) is -1.38. The molecule has 1 heterocycles. The highest BCUT2D eigenvalue weighted by molar-refractivity contribution is 5.90. The first-order chi connectivity index (χ1) is 10.8. The van der Waals surface area contributed by atoms with E-state index in [1.54, 1.807) is 48.5 Å². The molecule has 1 aliphatic rings. The van der Waals surface area contributed by atoms with E-state index in [0.717, 1.165) is 0 Å². The lowest BCUT2D eigenvalue weighted by molar-refractivity contribution is -0.166. The van der Waals surface area contributed by atoms with Gasteiger partial charge in [-0.25, -0.2) is 4.79 Å². The Morgan fingerprint density at radius 3 is 2.21 bits per heavy atom. The maximum atomic E-state index is 12.6. The Hall–Kier alpha value is -1.63. The van der Waals surface area contributed by atoms with E-state index < -0.39 is 35.2 Å². The Kier molecular flexibility index (Phi) is 6.38. The minimum Gasteiger partial charge on any atom is -0.460 e. The standard InChI is InChI=1S/C17H30N2O5/c1-11(15(22)24-17(5,6)7)19-9-8-18-12(14(19)21)10-13(20)23-16(2,3)4/h11-12,18H,8-10H2,1-7H3/t11-,12-/m0/s1. The van der Waals surface area contributed by atoms with E-state index in [9.17, 15) is 14.4 Å². The fraction of sp³-hybridized carbons (Fsp3) is 0.824. The summed E-state index contributed by atoms with van der Waals surface area (Å²) in [5, 5.41) is 3.01. The number of ether oxygens (including phenoxy) is 2. The van der Waals surface area contributed by atoms with Crippen LogP contribution in [0.4, 0.5) is 0 Å². The van der Waals surface area contributed by atoms with Crippen LogP contribution in [0.1, 0.15) is 54.9 Å². The topological polar surface area (TPSA) is 84.9 Å². The molecule has 1 aliphatic heterocycles. The summed E-state index contributed by atoms with van der Waals surface area (Å²) in [5.41, 5.74) is -1.21. The third-order valence-corrected chi connectivity index (χ3v) is 3.33. The Bertz CT molecular complexity index is 490. The zero-order chi connectivity index (χ0) is 18.7. The largest absolute Gasteiger partial charge is 0.460 e. The van der Waals surface area contributed by atoms with Crippen LogP contribution in [0.25, 0.3) is 0 Å². The highest BCUT2D eigenvalue weighted by atomic mass is 16.6. The van der Waals surface area contributed by atoms with Crippen molar-refractivity contribution < 1.29 is 23.9 Å². The molecule has 0 spiro atoms. The van der Waals surface area contributed by atoms with Gasteiger partial charge in [0.15, 0.2) is 0 Å². The maximum absolute atomic E-state index is 12.6. The second-order valence-corrected chi connectivity index (χ2v) is 8.04. The van der Waals surface area contributed by atoms with Crippen molar-refractivity contribution in [3.05, 3.63) is 0 Å². The Morgan fingerprint density at radius 1 is 1.17 bits per heavy atom. The van der Waals surface area contributed by atoms with Crippen LogP contribution in [0.15, 0.2) is 0 Å². The quantitative estimate of drug-likeness (QED) is 0.774. The molecule has 0 aromatic carbocycles. The normalized spacial score (nSPS) is 20.5. The monoisotopic (exact) mass is 342 g/mol. The zero-order valence-corrected chi connectivity index (χ0v) is 15.8. The van der Waals surface area contributed by atoms with Crippen LogP contribution in [-0.4, -0.2) is 59.1 Å². The Morgan fingerprint density at radius 2 is 1.71 bits per heavy atom. The van der Waals surface area contributed by atoms with Crippen molar-refractivity contribution >= 4 is 17.8 Å². The van der Waals surface area contributed by atoms with Crippen LogP contribution in [0.5, 0.6) is 0 Å². The van der Waals surface area contributed by atoms with E-state index in [2.05, 4.69) is 5.32 Å². The molecule has 7 heteroatoms. The SMILES string of the molecule is C[C@@H](C(=O)OC(C)(C)C)N1CCN[C@@H](CC(=O)OC(C)(C)C)C1=O. The van der Waals surface area contributed by atoms with Crippen molar-refractivity contribution in [2.75, 3.05) is 13.1 Å². The van der Waals surface area contributed by atoms with Gasteiger partial charge in [0.1, 0.15) is 17.2 Å². The van der Waals surface area contributed by atoms with Gasteiger partial charge in [0.05, 0.1) is 12.5 Å². The van der Waals surface area contributed by atoms with Gasteiger partial charge in [0.25, 0.3) is 0 Å². The summed E-state index contributed by atoms with van der Waals surface area (Å²) in [6.07, 6.45) is -0.0619. The van der Waals surface area contributed by atoms with E-state index in [1.165, 1.54) is 4.90 Å². The van der Waals surface area contributed by atoms with Crippen molar-refractivity contribution in [1.82, 2.24) is 10.2 Å². The third-order valence-electron chi connectivity index (χ3n) is 3.33. The Labute approximate surface area is 144 Å². The molecule has 24 heavy (non-hydrogen) atoms. The van der Waals surface area contributed by atoms with Gasteiger partial charge in [-0.3, -0.25) is 9.59 Å².